The Bertz CT molecular complexity index is 3010. The Kier molecular flexibility index (Phi) is 5.51. The number of para-hydroxylation sites is 1. The van der Waals surface area contributed by atoms with Gasteiger partial charge in [0.2, 0.25) is 0 Å². The molecular formula is C49H32O. The van der Waals surface area contributed by atoms with E-state index in [1.807, 2.05) is 6.07 Å². The molecule has 0 radical (unpaired) electrons. The Hall–Kier alpha value is -6.18. The second-order valence-electron chi connectivity index (χ2n) is 14.3. The van der Waals surface area contributed by atoms with Gasteiger partial charge in [-0.2, -0.15) is 0 Å². The molecule has 0 bridgehead atoms. The fourth-order valence-corrected chi connectivity index (χ4v) is 9.35. The molecule has 9 aromatic carbocycles. The van der Waals surface area contributed by atoms with Gasteiger partial charge in [-0.25, -0.2) is 0 Å². The molecule has 234 valence electrons. The molecular weight excluding hydrogens is 605 g/mol. The Labute approximate surface area is 290 Å². The zero-order valence-corrected chi connectivity index (χ0v) is 27.9. The van der Waals surface area contributed by atoms with Crippen molar-refractivity contribution in [1.29, 1.82) is 0 Å². The van der Waals surface area contributed by atoms with Crippen LogP contribution in [0.4, 0.5) is 0 Å². The summed E-state index contributed by atoms with van der Waals surface area (Å²) in [6, 6.07) is 58.1. The SMILES string of the molecule is CC1(C)c2cccc(-c3c4ccccc4c(-c4ccc5oc6ccccc6c5c4)c4ccccc34)c2-c2c1c1ccccc1c1ccccc21. The van der Waals surface area contributed by atoms with Gasteiger partial charge in [0.1, 0.15) is 11.2 Å². The topological polar surface area (TPSA) is 13.1 Å². The lowest BCUT2D eigenvalue weighted by Gasteiger charge is -2.24. The first-order chi connectivity index (χ1) is 24.6. The molecule has 1 aromatic heterocycles. The standard InChI is InChI=1S/C49H32O/c1-49(2)41-24-13-23-39(46(41)47-33-17-5-3-14-30(33)31-15-4-10-22-38(31)48(47)49)45-36-20-8-6-18-34(36)44(35-19-7-9-21-37(35)45)29-26-27-43-40(28-29)32-16-11-12-25-42(32)50-43/h3-28H,1-2H3. The summed E-state index contributed by atoms with van der Waals surface area (Å²) >= 11 is 0. The first-order valence-electron chi connectivity index (χ1n) is 17.5. The number of hydrogen-bond donors (Lipinski definition) is 0. The first-order valence-corrected chi connectivity index (χ1v) is 17.5. The van der Waals surface area contributed by atoms with Gasteiger partial charge < -0.3 is 4.42 Å². The monoisotopic (exact) mass is 636 g/mol. The normalized spacial score (nSPS) is 13.6. The average Bonchev–Trinajstić information content (AvgIpc) is 3.65. The van der Waals surface area contributed by atoms with Crippen molar-refractivity contribution in [1.82, 2.24) is 0 Å². The van der Waals surface area contributed by atoms with Crippen LogP contribution in [0.5, 0.6) is 0 Å². The van der Waals surface area contributed by atoms with Gasteiger partial charge in [-0.05, 0) is 106 Å². The lowest BCUT2D eigenvalue weighted by Crippen LogP contribution is -2.15. The van der Waals surface area contributed by atoms with Crippen LogP contribution < -0.4 is 0 Å². The molecule has 0 atom stereocenters. The second-order valence-corrected chi connectivity index (χ2v) is 14.3. The zero-order valence-electron chi connectivity index (χ0n) is 27.9. The van der Waals surface area contributed by atoms with Gasteiger partial charge in [0.05, 0.1) is 0 Å². The fourth-order valence-electron chi connectivity index (χ4n) is 9.35. The highest BCUT2D eigenvalue weighted by Crippen LogP contribution is 2.58. The minimum absolute atomic E-state index is 0.168. The van der Waals surface area contributed by atoms with Crippen LogP contribution >= 0.6 is 0 Å². The van der Waals surface area contributed by atoms with Gasteiger partial charge in [0.15, 0.2) is 0 Å². The number of hydrogen-bond acceptors (Lipinski definition) is 1. The van der Waals surface area contributed by atoms with E-state index in [0.717, 1.165) is 21.9 Å². The maximum atomic E-state index is 6.24. The first kappa shape index (κ1) is 27.7. The predicted octanol–water partition coefficient (Wildman–Crippen LogP) is 13.8. The summed E-state index contributed by atoms with van der Waals surface area (Å²) in [6.45, 7) is 4.83. The third kappa shape index (κ3) is 3.56. The molecule has 0 spiro atoms. The van der Waals surface area contributed by atoms with E-state index in [-0.39, 0.29) is 5.41 Å². The van der Waals surface area contributed by atoms with Crippen molar-refractivity contribution in [2.24, 2.45) is 0 Å². The van der Waals surface area contributed by atoms with Gasteiger partial charge in [-0.15, -0.1) is 0 Å². The van der Waals surface area contributed by atoms with Crippen molar-refractivity contribution >= 4 is 65.0 Å². The summed E-state index contributed by atoms with van der Waals surface area (Å²) in [4.78, 5) is 0. The van der Waals surface area contributed by atoms with Crippen molar-refractivity contribution in [2.75, 3.05) is 0 Å². The second kappa shape index (κ2) is 9.94. The lowest BCUT2D eigenvalue weighted by molar-refractivity contribution is 0.666. The van der Waals surface area contributed by atoms with Crippen LogP contribution in [0.15, 0.2) is 162 Å². The molecule has 1 aliphatic rings. The van der Waals surface area contributed by atoms with E-state index in [4.69, 9.17) is 4.42 Å². The Morgan fingerprint density at radius 3 is 1.52 bits per heavy atom. The summed E-state index contributed by atoms with van der Waals surface area (Å²) in [6.07, 6.45) is 0. The maximum absolute atomic E-state index is 6.24. The van der Waals surface area contributed by atoms with Crippen LogP contribution in [0, 0.1) is 0 Å². The minimum Gasteiger partial charge on any atom is -0.456 e. The van der Waals surface area contributed by atoms with Crippen LogP contribution in [0.2, 0.25) is 0 Å². The van der Waals surface area contributed by atoms with Gasteiger partial charge in [-0.1, -0.05) is 153 Å². The molecule has 1 heteroatoms. The Balaban J connectivity index is 1.28. The number of furan rings is 1. The maximum Gasteiger partial charge on any atom is 0.135 e. The number of benzene rings is 9. The Morgan fingerprint density at radius 1 is 0.360 bits per heavy atom. The van der Waals surface area contributed by atoms with E-state index >= 15 is 0 Å². The molecule has 0 aliphatic heterocycles. The molecule has 1 aliphatic carbocycles. The van der Waals surface area contributed by atoms with Crippen LogP contribution in [0.3, 0.4) is 0 Å². The molecule has 0 amide bonds. The molecule has 10 aromatic rings. The number of fused-ring (bicyclic) bond motifs is 13. The highest BCUT2D eigenvalue weighted by atomic mass is 16.3. The lowest BCUT2D eigenvalue weighted by atomic mass is 9.79. The van der Waals surface area contributed by atoms with E-state index in [0.29, 0.717) is 0 Å². The summed E-state index contributed by atoms with van der Waals surface area (Å²) in [7, 11) is 0. The molecule has 11 rings (SSSR count). The van der Waals surface area contributed by atoms with Gasteiger partial charge in [0.25, 0.3) is 0 Å². The quantitative estimate of drug-likeness (QED) is 0.136. The predicted molar refractivity (Wildman–Crippen MR) is 212 cm³/mol. The van der Waals surface area contributed by atoms with Crippen molar-refractivity contribution < 1.29 is 4.42 Å². The van der Waals surface area contributed by atoms with Gasteiger partial charge >= 0.3 is 0 Å². The molecule has 0 saturated heterocycles. The van der Waals surface area contributed by atoms with Crippen molar-refractivity contribution in [3.05, 3.63) is 169 Å². The molecule has 1 nitrogen and oxygen atoms in total. The van der Waals surface area contributed by atoms with E-state index in [9.17, 15) is 0 Å². The molecule has 0 fully saturated rings. The van der Waals surface area contributed by atoms with Gasteiger partial charge in [-0.3, -0.25) is 0 Å². The van der Waals surface area contributed by atoms with E-state index in [1.165, 1.54) is 87.6 Å². The highest BCUT2D eigenvalue weighted by molar-refractivity contribution is 6.25. The zero-order chi connectivity index (χ0) is 33.1. The fraction of sp³-hybridized carbons (Fsp3) is 0.0612. The Morgan fingerprint density at radius 2 is 0.860 bits per heavy atom. The highest BCUT2D eigenvalue weighted by Gasteiger charge is 2.40. The third-order valence-electron chi connectivity index (χ3n) is 11.4. The smallest absolute Gasteiger partial charge is 0.135 e. The van der Waals surface area contributed by atoms with E-state index in [1.54, 1.807) is 0 Å². The molecule has 0 unspecified atom stereocenters. The largest absolute Gasteiger partial charge is 0.456 e. The molecule has 0 saturated carbocycles. The van der Waals surface area contributed by atoms with Crippen LogP contribution in [0.1, 0.15) is 25.0 Å². The molecule has 0 N–H and O–H groups in total. The molecule has 50 heavy (non-hydrogen) atoms. The summed E-state index contributed by atoms with van der Waals surface area (Å²) < 4.78 is 6.24. The van der Waals surface area contributed by atoms with Crippen molar-refractivity contribution in [2.45, 2.75) is 19.3 Å². The minimum atomic E-state index is -0.168. The van der Waals surface area contributed by atoms with Crippen LogP contribution in [-0.2, 0) is 5.41 Å². The van der Waals surface area contributed by atoms with Crippen LogP contribution in [-0.4, -0.2) is 0 Å². The van der Waals surface area contributed by atoms with Crippen molar-refractivity contribution in [3.63, 3.8) is 0 Å². The third-order valence-corrected chi connectivity index (χ3v) is 11.4. The van der Waals surface area contributed by atoms with Crippen molar-refractivity contribution in [3.8, 4) is 33.4 Å². The number of rotatable bonds is 2. The van der Waals surface area contributed by atoms with Gasteiger partial charge in [0, 0.05) is 16.2 Å². The summed E-state index contributed by atoms with van der Waals surface area (Å²) in [5, 5.41) is 12.7. The van der Waals surface area contributed by atoms with E-state index < -0.39 is 0 Å². The summed E-state index contributed by atoms with van der Waals surface area (Å²) in [5.74, 6) is 0. The van der Waals surface area contributed by atoms with Crippen LogP contribution in [0.25, 0.3) is 98.4 Å². The molecule has 1 heterocycles. The van der Waals surface area contributed by atoms with E-state index in [2.05, 4.69) is 166 Å². The summed E-state index contributed by atoms with van der Waals surface area (Å²) in [5.41, 5.74) is 12.3. The average molecular weight is 637 g/mol.